The fourth-order valence-corrected chi connectivity index (χ4v) is 2.60. The predicted octanol–water partition coefficient (Wildman–Crippen LogP) is 3.72. The van der Waals surface area contributed by atoms with Gasteiger partial charge in [0.15, 0.2) is 0 Å². The van der Waals surface area contributed by atoms with Crippen LogP contribution in [0.15, 0.2) is 24.3 Å². The van der Waals surface area contributed by atoms with E-state index in [2.05, 4.69) is 33.8 Å². The number of benzene rings is 1. The fraction of sp³-hybridized carbons (Fsp3) is 0.647. The monoisotopic (exact) mass is 264 g/mol. The summed E-state index contributed by atoms with van der Waals surface area (Å²) in [6.45, 7) is 8.48. The molecule has 19 heavy (non-hydrogen) atoms. The maximum atomic E-state index is 10.3. The molecule has 1 rings (SSSR count). The van der Waals surface area contributed by atoms with Gasteiger partial charge in [-0.1, -0.05) is 64.8 Å². The summed E-state index contributed by atoms with van der Waals surface area (Å²) < 4.78 is 0. The maximum absolute atomic E-state index is 10.3. The molecule has 2 heteroatoms. The lowest BCUT2D eigenvalue weighted by molar-refractivity contribution is -0.0209. The molecule has 1 aromatic rings. The molecule has 1 aromatic carbocycles. The van der Waals surface area contributed by atoms with Crippen molar-refractivity contribution in [3.05, 3.63) is 35.4 Å². The largest absolute Gasteiger partial charge is 0.390 e. The normalized spacial score (nSPS) is 14.9. The van der Waals surface area contributed by atoms with E-state index in [1.165, 1.54) is 5.56 Å². The Morgan fingerprint density at radius 2 is 1.68 bits per heavy atom. The minimum Gasteiger partial charge on any atom is -0.390 e. The van der Waals surface area contributed by atoms with Gasteiger partial charge in [-0.25, -0.2) is 0 Å². The molecule has 2 unspecified atom stereocenters. The lowest BCUT2D eigenvalue weighted by atomic mass is 9.89. The van der Waals surface area contributed by atoms with Crippen LogP contribution in [0.5, 0.6) is 0 Å². The molecular weight excluding hydrogens is 236 g/mol. The molecule has 0 spiro atoms. The summed E-state index contributed by atoms with van der Waals surface area (Å²) >= 11 is 0. The molecule has 2 N–H and O–H groups in total. The van der Waals surface area contributed by atoms with Crippen LogP contribution in [-0.2, 0) is 6.42 Å². The van der Waals surface area contributed by atoms with Crippen LogP contribution in [0.25, 0.3) is 0 Å². The molecule has 0 aliphatic heterocycles. The quantitative estimate of drug-likeness (QED) is 0.788. The first kappa shape index (κ1) is 16.2. The Balaban J connectivity index is 2.83. The van der Waals surface area contributed by atoms with E-state index in [-0.39, 0.29) is 5.92 Å². The zero-order chi connectivity index (χ0) is 14.4. The number of aliphatic hydroxyl groups excluding tert-OH is 2. The first-order valence-electron chi connectivity index (χ1n) is 7.44. The van der Waals surface area contributed by atoms with E-state index in [0.717, 1.165) is 24.8 Å². The average molecular weight is 264 g/mol. The van der Waals surface area contributed by atoms with E-state index < -0.39 is 12.2 Å². The minimum absolute atomic E-state index is 0.156. The number of rotatable bonds is 7. The molecule has 0 heterocycles. The third-order valence-corrected chi connectivity index (χ3v) is 3.79. The molecule has 2 nitrogen and oxygen atoms in total. The zero-order valence-corrected chi connectivity index (χ0v) is 12.6. The summed E-state index contributed by atoms with van der Waals surface area (Å²) in [5.74, 6) is 0.750. The topological polar surface area (TPSA) is 40.5 Å². The molecule has 2 atom stereocenters. The van der Waals surface area contributed by atoms with Gasteiger partial charge in [0, 0.05) is 0 Å². The van der Waals surface area contributed by atoms with Crippen LogP contribution >= 0.6 is 0 Å². The zero-order valence-electron chi connectivity index (χ0n) is 12.6. The van der Waals surface area contributed by atoms with Crippen LogP contribution in [0.2, 0.25) is 0 Å². The van der Waals surface area contributed by atoms with E-state index in [1.54, 1.807) is 0 Å². The second kappa shape index (κ2) is 7.66. The summed E-state index contributed by atoms with van der Waals surface area (Å²) in [5.41, 5.74) is 2.06. The van der Waals surface area contributed by atoms with Gasteiger partial charge in [0.25, 0.3) is 0 Å². The lowest BCUT2D eigenvalue weighted by Crippen LogP contribution is -2.27. The van der Waals surface area contributed by atoms with Crippen LogP contribution in [0.3, 0.4) is 0 Å². The van der Waals surface area contributed by atoms with Gasteiger partial charge in [-0.15, -0.1) is 0 Å². The van der Waals surface area contributed by atoms with Crippen LogP contribution in [0.1, 0.15) is 57.8 Å². The molecule has 0 bridgehead atoms. The second-order valence-corrected chi connectivity index (χ2v) is 5.86. The van der Waals surface area contributed by atoms with Crippen LogP contribution in [0, 0.1) is 11.8 Å². The Morgan fingerprint density at radius 1 is 1.05 bits per heavy atom. The summed E-state index contributed by atoms with van der Waals surface area (Å²) in [7, 11) is 0. The van der Waals surface area contributed by atoms with Crippen molar-refractivity contribution >= 4 is 0 Å². The summed E-state index contributed by atoms with van der Waals surface area (Å²) in [4.78, 5) is 0. The highest BCUT2D eigenvalue weighted by Crippen LogP contribution is 2.26. The van der Waals surface area contributed by atoms with Crippen molar-refractivity contribution in [2.45, 2.75) is 59.2 Å². The van der Waals surface area contributed by atoms with Gasteiger partial charge in [0.1, 0.15) is 6.10 Å². The first-order valence-corrected chi connectivity index (χ1v) is 7.44. The SMILES string of the molecule is CCC(CC)C(O)C(O)c1cccc(CC(C)C)c1. The van der Waals surface area contributed by atoms with Crippen molar-refractivity contribution in [2.24, 2.45) is 11.8 Å². The van der Waals surface area contributed by atoms with Gasteiger partial charge < -0.3 is 10.2 Å². The predicted molar refractivity (Wildman–Crippen MR) is 80.0 cm³/mol. The Morgan fingerprint density at radius 3 is 2.21 bits per heavy atom. The minimum atomic E-state index is -0.781. The molecule has 0 aliphatic carbocycles. The van der Waals surface area contributed by atoms with Crippen molar-refractivity contribution in [1.82, 2.24) is 0 Å². The third-order valence-electron chi connectivity index (χ3n) is 3.79. The highest BCUT2D eigenvalue weighted by atomic mass is 16.3. The highest BCUT2D eigenvalue weighted by Gasteiger charge is 2.25. The van der Waals surface area contributed by atoms with Crippen molar-refractivity contribution < 1.29 is 10.2 Å². The molecule has 0 amide bonds. The first-order chi connectivity index (χ1) is 8.99. The summed E-state index contributed by atoms with van der Waals surface area (Å²) in [5, 5.41) is 20.6. The van der Waals surface area contributed by atoms with Gasteiger partial charge in [-0.05, 0) is 29.4 Å². The van der Waals surface area contributed by atoms with Gasteiger partial charge >= 0.3 is 0 Å². The van der Waals surface area contributed by atoms with Crippen LogP contribution < -0.4 is 0 Å². The fourth-order valence-electron chi connectivity index (χ4n) is 2.60. The second-order valence-electron chi connectivity index (χ2n) is 5.86. The summed E-state index contributed by atoms with van der Waals surface area (Å²) in [6, 6.07) is 7.98. The standard InChI is InChI=1S/C17H28O2/c1-5-14(6-2)16(18)17(19)15-9-7-8-13(11-15)10-12(3)4/h7-9,11-12,14,16-19H,5-6,10H2,1-4H3. The number of aliphatic hydroxyl groups is 2. The Kier molecular flexibility index (Phi) is 6.53. The van der Waals surface area contributed by atoms with E-state index in [0.29, 0.717) is 5.92 Å². The third kappa shape index (κ3) is 4.63. The molecule has 0 saturated heterocycles. The van der Waals surface area contributed by atoms with E-state index >= 15 is 0 Å². The smallest absolute Gasteiger partial charge is 0.105 e. The van der Waals surface area contributed by atoms with Crippen LogP contribution in [-0.4, -0.2) is 16.3 Å². The Bertz CT molecular complexity index is 369. The van der Waals surface area contributed by atoms with Gasteiger partial charge in [-0.2, -0.15) is 0 Å². The van der Waals surface area contributed by atoms with Crippen molar-refractivity contribution in [1.29, 1.82) is 0 Å². The highest BCUT2D eigenvalue weighted by molar-refractivity contribution is 5.26. The Labute approximate surface area is 117 Å². The van der Waals surface area contributed by atoms with Crippen molar-refractivity contribution in [2.75, 3.05) is 0 Å². The van der Waals surface area contributed by atoms with Gasteiger partial charge in [0.05, 0.1) is 6.10 Å². The van der Waals surface area contributed by atoms with Crippen molar-refractivity contribution in [3.8, 4) is 0 Å². The lowest BCUT2D eigenvalue weighted by Gasteiger charge is -2.25. The van der Waals surface area contributed by atoms with Gasteiger partial charge in [0.2, 0.25) is 0 Å². The molecule has 0 saturated carbocycles. The Hall–Kier alpha value is -0.860. The number of hydrogen-bond donors (Lipinski definition) is 2. The van der Waals surface area contributed by atoms with Crippen molar-refractivity contribution in [3.63, 3.8) is 0 Å². The van der Waals surface area contributed by atoms with E-state index in [1.807, 2.05) is 18.2 Å². The molecule has 0 aromatic heterocycles. The molecule has 0 aliphatic rings. The average Bonchev–Trinajstić information content (AvgIpc) is 2.38. The molecule has 108 valence electrons. The molecular formula is C17H28O2. The molecule has 0 radical (unpaired) electrons. The van der Waals surface area contributed by atoms with E-state index in [9.17, 15) is 10.2 Å². The van der Waals surface area contributed by atoms with Gasteiger partial charge in [-0.3, -0.25) is 0 Å². The maximum Gasteiger partial charge on any atom is 0.105 e. The number of hydrogen-bond acceptors (Lipinski definition) is 2. The van der Waals surface area contributed by atoms with Crippen LogP contribution in [0.4, 0.5) is 0 Å². The molecule has 0 fully saturated rings. The van der Waals surface area contributed by atoms with E-state index in [4.69, 9.17) is 0 Å². The summed E-state index contributed by atoms with van der Waals surface area (Å²) in [6.07, 6.45) is 1.32.